The summed E-state index contributed by atoms with van der Waals surface area (Å²) in [6.07, 6.45) is -1.01. The number of anilines is 1. The predicted octanol–water partition coefficient (Wildman–Crippen LogP) is 1.28. The van der Waals surface area contributed by atoms with Crippen molar-refractivity contribution in [2.45, 2.75) is 26.4 Å². The molecular weight excluding hydrogens is 276 g/mol. The number of aliphatic carboxylic acids is 1. The van der Waals surface area contributed by atoms with Gasteiger partial charge < -0.3 is 20.0 Å². The fourth-order valence-electron chi connectivity index (χ4n) is 2.14. The normalized spacial score (nSPS) is 17.0. The lowest BCUT2D eigenvalue weighted by molar-refractivity contribution is -0.129. The molecule has 0 bridgehead atoms. The highest BCUT2D eigenvalue weighted by Gasteiger charge is 2.34. The number of carboxylic acid groups (broad SMARTS) is 1. The molecule has 112 valence electrons. The topological polar surface area (TPSA) is 99.4 Å². The number of rotatable bonds is 4. The van der Waals surface area contributed by atoms with Crippen LogP contribution in [0.2, 0.25) is 0 Å². The minimum absolute atomic E-state index is 0.0525. The Morgan fingerprint density at radius 3 is 2.76 bits per heavy atom. The van der Waals surface area contributed by atoms with Crippen molar-refractivity contribution in [1.29, 1.82) is 0 Å². The van der Waals surface area contributed by atoms with E-state index in [1.807, 2.05) is 6.92 Å². The molecule has 0 spiro atoms. The molecule has 0 radical (unpaired) electrons. The Bertz CT molecular complexity index is 611. The smallest absolute Gasteiger partial charge is 0.353 e. The lowest BCUT2D eigenvalue weighted by Crippen LogP contribution is -2.40. The maximum atomic E-state index is 12.5. The minimum atomic E-state index is -1.19. The Hall–Kier alpha value is -2.57. The fraction of sp³-hybridized carbons (Fsp3) is 0.357. The van der Waals surface area contributed by atoms with Crippen molar-refractivity contribution >= 4 is 23.3 Å². The Morgan fingerprint density at radius 2 is 2.19 bits per heavy atom. The highest BCUT2D eigenvalue weighted by atomic mass is 16.6. The molecule has 1 amide bonds. The van der Waals surface area contributed by atoms with E-state index in [-0.39, 0.29) is 23.8 Å². The summed E-state index contributed by atoms with van der Waals surface area (Å²) in [5, 5.41) is 21.8. The summed E-state index contributed by atoms with van der Waals surface area (Å²) in [5.74, 6) is -1.52. The number of hydrogen-bond acceptors (Lipinski definition) is 5. The van der Waals surface area contributed by atoms with Gasteiger partial charge in [0.05, 0.1) is 5.69 Å². The van der Waals surface area contributed by atoms with Crippen molar-refractivity contribution in [3.05, 3.63) is 23.8 Å². The van der Waals surface area contributed by atoms with Crippen molar-refractivity contribution < 1.29 is 24.6 Å². The maximum Gasteiger partial charge on any atom is 0.353 e. The molecule has 2 rings (SSSR count). The molecule has 0 aliphatic carbocycles. The van der Waals surface area contributed by atoms with Crippen molar-refractivity contribution in [2.24, 2.45) is 5.16 Å². The molecule has 1 aromatic rings. The molecule has 2 N–H and O–H groups in total. The van der Waals surface area contributed by atoms with Crippen LogP contribution in [0.4, 0.5) is 5.69 Å². The summed E-state index contributed by atoms with van der Waals surface area (Å²) >= 11 is 0. The van der Waals surface area contributed by atoms with Gasteiger partial charge >= 0.3 is 5.97 Å². The van der Waals surface area contributed by atoms with Gasteiger partial charge in [-0.05, 0) is 25.5 Å². The molecular formula is C14H16N2O5. The van der Waals surface area contributed by atoms with E-state index in [9.17, 15) is 14.7 Å². The van der Waals surface area contributed by atoms with Crippen LogP contribution in [0.5, 0.6) is 5.75 Å². The molecule has 0 saturated heterocycles. The average Bonchev–Trinajstić information content (AvgIpc) is 2.93. The number of phenolic OH excluding ortho intramolecular Hbond substituents is 1. The van der Waals surface area contributed by atoms with Crippen LogP contribution in [0.25, 0.3) is 0 Å². The van der Waals surface area contributed by atoms with Gasteiger partial charge in [0.25, 0.3) is 5.91 Å². The summed E-state index contributed by atoms with van der Waals surface area (Å²) in [6, 6.07) is 4.73. The third kappa shape index (κ3) is 2.96. The molecule has 21 heavy (non-hydrogen) atoms. The van der Waals surface area contributed by atoms with E-state index in [4.69, 9.17) is 9.94 Å². The third-order valence-corrected chi connectivity index (χ3v) is 3.26. The Balaban J connectivity index is 2.21. The van der Waals surface area contributed by atoms with Crippen LogP contribution in [-0.2, 0) is 14.4 Å². The zero-order chi connectivity index (χ0) is 15.6. The summed E-state index contributed by atoms with van der Waals surface area (Å²) in [4.78, 5) is 29.6. The van der Waals surface area contributed by atoms with Crippen LogP contribution in [0, 0.1) is 6.92 Å². The molecule has 1 heterocycles. The van der Waals surface area contributed by atoms with Gasteiger partial charge in [0.1, 0.15) is 5.75 Å². The van der Waals surface area contributed by atoms with Crippen LogP contribution in [0.1, 0.15) is 18.9 Å². The summed E-state index contributed by atoms with van der Waals surface area (Å²) in [7, 11) is 0. The standard InChI is InChI=1S/C14H16N2O5/c1-3-16(11-6-9(17)5-4-8(11)2)13(18)12-7-10(14(19)20)15-21-12/h4-6,12,17H,3,7H2,1-2H3,(H,19,20). The van der Waals surface area contributed by atoms with Gasteiger partial charge in [0, 0.05) is 19.0 Å². The van der Waals surface area contributed by atoms with Crippen molar-refractivity contribution in [3.8, 4) is 5.75 Å². The van der Waals surface area contributed by atoms with Gasteiger partial charge in [-0.3, -0.25) is 4.79 Å². The lowest BCUT2D eigenvalue weighted by atomic mass is 10.1. The molecule has 7 heteroatoms. The van der Waals surface area contributed by atoms with Crippen molar-refractivity contribution in [1.82, 2.24) is 0 Å². The molecule has 1 atom stereocenters. The number of amides is 1. The number of benzene rings is 1. The molecule has 1 unspecified atom stereocenters. The second-order valence-corrected chi connectivity index (χ2v) is 4.69. The predicted molar refractivity (Wildman–Crippen MR) is 75.4 cm³/mol. The quantitative estimate of drug-likeness (QED) is 0.871. The monoisotopic (exact) mass is 292 g/mol. The fourth-order valence-corrected chi connectivity index (χ4v) is 2.14. The first-order chi connectivity index (χ1) is 9.93. The first-order valence-electron chi connectivity index (χ1n) is 6.51. The number of nitrogens with zero attached hydrogens (tertiary/aromatic N) is 2. The van der Waals surface area contributed by atoms with E-state index in [1.54, 1.807) is 13.0 Å². The largest absolute Gasteiger partial charge is 0.508 e. The van der Waals surface area contributed by atoms with Crippen LogP contribution < -0.4 is 4.90 Å². The zero-order valence-electron chi connectivity index (χ0n) is 11.7. The average molecular weight is 292 g/mol. The van der Waals surface area contributed by atoms with E-state index in [2.05, 4.69) is 5.16 Å². The first-order valence-corrected chi connectivity index (χ1v) is 6.51. The molecule has 0 fully saturated rings. The Kier molecular flexibility index (Phi) is 4.11. The van der Waals surface area contributed by atoms with E-state index in [0.29, 0.717) is 12.2 Å². The molecule has 1 aromatic carbocycles. The molecule has 7 nitrogen and oxygen atoms in total. The second-order valence-electron chi connectivity index (χ2n) is 4.69. The third-order valence-electron chi connectivity index (χ3n) is 3.26. The van der Waals surface area contributed by atoms with E-state index >= 15 is 0 Å². The highest BCUT2D eigenvalue weighted by Crippen LogP contribution is 2.27. The number of hydrogen-bond donors (Lipinski definition) is 2. The van der Waals surface area contributed by atoms with Gasteiger partial charge in [-0.15, -0.1) is 0 Å². The van der Waals surface area contributed by atoms with E-state index in [0.717, 1.165) is 5.56 Å². The molecule has 1 aliphatic heterocycles. The molecule has 0 aromatic heterocycles. The van der Waals surface area contributed by atoms with Crippen LogP contribution >= 0.6 is 0 Å². The number of aromatic hydroxyl groups is 1. The number of likely N-dealkylation sites (N-methyl/N-ethyl adjacent to an activating group) is 1. The van der Waals surface area contributed by atoms with Crippen LogP contribution in [0.3, 0.4) is 0 Å². The Labute approximate surface area is 121 Å². The molecule has 1 aliphatic rings. The minimum Gasteiger partial charge on any atom is -0.508 e. The number of carboxylic acids is 1. The van der Waals surface area contributed by atoms with Gasteiger partial charge in [-0.25, -0.2) is 4.79 Å². The number of carbonyl (C=O) groups excluding carboxylic acids is 1. The number of phenols is 1. The maximum absolute atomic E-state index is 12.5. The SMILES string of the molecule is CCN(C(=O)C1CC(C(=O)O)=NO1)c1cc(O)ccc1C. The summed E-state index contributed by atoms with van der Waals surface area (Å²) < 4.78 is 0. The van der Waals surface area contributed by atoms with E-state index in [1.165, 1.54) is 17.0 Å². The highest BCUT2D eigenvalue weighted by molar-refractivity contribution is 6.36. The van der Waals surface area contributed by atoms with Gasteiger partial charge in [-0.2, -0.15) is 0 Å². The second kappa shape index (κ2) is 5.82. The number of carbonyl (C=O) groups is 2. The van der Waals surface area contributed by atoms with Crippen LogP contribution in [0.15, 0.2) is 23.4 Å². The summed E-state index contributed by atoms with van der Waals surface area (Å²) in [6.45, 7) is 3.97. The first kappa shape index (κ1) is 14.8. The van der Waals surface area contributed by atoms with Gasteiger partial charge in [0.2, 0.25) is 6.10 Å². The summed E-state index contributed by atoms with van der Waals surface area (Å²) in [5.41, 5.74) is 1.22. The van der Waals surface area contributed by atoms with Crippen molar-refractivity contribution in [3.63, 3.8) is 0 Å². The number of oxime groups is 1. The zero-order valence-corrected chi connectivity index (χ0v) is 11.7. The molecule has 0 saturated carbocycles. The van der Waals surface area contributed by atoms with E-state index < -0.39 is 12.1 Å². The Morgan fingerprint density at radius 1 is 1.48 bits per heavy atom. The van der Waals surface area contributed by atoms with Gasteiger partial charge in [-0.1, -0.05) is 11.2 Å². The number of aryl methyl sites for hydroxylation is 1. The van der Waals surface area contributed by atoms with Crippen LogP contribution in [-0.4, -0.2) is 40.4 Å². The van der Waals surface area contributed by atoms with Gasteiger partial charge in [0.15, 0.2) is 5.71 Å². The van der Waals surface area contributed by atoms with Crippen molar-refractivity contribution in [2.75, 3.05) is 11.4 Å². The lowest BCUT2D eigenvalue weighted by Gasteiger charge is -2.25.